The number of aliphatic hydroxyl groups excluding tert-OH is 1. The van der Waals surface area contributed by atoms with Crippen LogP contribution in [0, 0.1) is 5.92 Å². The quantitative estimate of drug-likeness (QED) is 0.869. The summed E-state index contributed by atoms with van der Waals surface area (Å²) >= 11 is 0. The summed E-state index contributed by atoms with van der Waals surface area (Å²) in [5, 5.41) is 12.7. The number of anilines is 1. The molecule has 1 fully saturated rings. The van der Waals surface area contributed by atoms with Crippen LogP contribution < -0.4 is 10.2 Å². The molecule has 0 saturated carbocycles. The van der Waals surface area contributed by atoms with Crippen molar-refractivity contribution in [1.29, 1.82) is 0 Å². The van der Waals surface area contributed by atoms with Gasteiger partial charge in [0.2, 0.25) is 5.91 Å². The van der Waals surface area contributed by atoms with E-state index in [0.29, 0.717) is 12.3 Å². The van der Waals surface area contributed by atoms with Gasteiger partial charge in [-0.2, -0.15) is 0 Å². The number of amides is 1. The molecule has 2 N–H and O–H groups in total. The Morgan fingerprint density at radius 1 is 1.48 bits per heavy atom. The van der Waals surface area contributed by atoms with Crippen molar-refractivity contribution in [3.63, 3.8) is 0 Å². The number of aliphatic hydroxyl groups is 1. The number of piperidine rings is 1. The minimum Gasteiger partial charge on any atom is -0.387 e. The third-order valence-electron chi connectivity index (χ3n) is 4.12. The smallest absolute Gasteiger partial charge is 0.216 e. The fourth-order valence-electron chi connectivity index (χ4n) is 2.67. The lowest BCUT2D eigenvalue weighted by molar-refractivity contribution is -0.119. The van der Waals surface area contributed by atoms with Gasteiger partial charge in [0.05, 0.1) is 23.7 Å². The Balaban J connectivity index is 1.86. The number of nitrogens with zero attached hydrogens (tertiary/aromatic N) is 2. The topological polar surface area (TPSA) is 65.5 Å². The highest BCUT2D eigenvalue weighted by atomic mass is 16.3. The Labute approximate surface area is 126 Å². The maximum Gasteiger partial charge on any atom is 0.216 e. The summed E-state index contributed by atoms with van der Waals surface area (Å²) in [4.78, 5) is 17.6. The Hall–Kier alpha value is -1.62. The zero-order valence-corrected chi connectivity index (χ0v) is 12.9. The first kappa shape index (κ1) is 15.8. The van der Waals surface area contributed by atoms with Gasteiger partial charge < -0.3 is 15.3 Å². The highest BCUT2D eigenvalue weighted by Gasteiger charge is 2.20. The van der Waals surface area contributed by atoms with Gasteiger partial charge in [0.15, 0.2) is 0 Å². The van der Waals surface area contributed by atoms with Crippen molar-refractivity contribution in [2.24, 2.45) is 5.92 Å². The summed E-state index contributed by atoms with van der Waals surface area (Å²) in [6.45, 7) is 6.26. The minimum absolute atomic E-state index is 0.0479. The lowest BCUT2D eigenvalue weighted by atomic mass is 9.96. The standard InChI is InChI=1S/C16H25N3O2/c1-3-16(21)15-5-4-14(11-18-15)19-8-6-13(7-9-19)10-17-12(2)20/h4-5,11,13,16,21H,3,6-10H2,1-2H3,(H,17,20)/t16-/m0/s1. The number of carbonyl (C=O) groups is 1. The first-order chi connectivity index (χ1) is 10.1. The molecule has 1 aromatic rings. The van der Waals surface area contributed by atoms with Crippen LogP contribution in [0.4, 0.5) is 5.69 Å². The third kappa shape index (κ3) is 4.43. The minimum atomic E-state index is -0.470. The number of rotatable bonds is 5. The van der Waals surface area contributed by atoms with Crippen LogP contribution >= 0.6 is 0 Å². The summed E-state index contributed by atoms with van der Waals surface area (Å²) < 4.78 is 0. The number of hydrogen-bond donors (Lipinski definition) is 2. The first-order valence-corrected chi connectivity index (χ1v) is 7.73. The van der Waals surface area contributed by atoms with Gasteiger partial charge in [0.25, 0.3) is 0 Å². The average Bonchev–Trinajstić information content (AvgIpc) is 2.53. The van der Waals surface area contributed by atoms with Crippen molar-refractivity contribution in [3.05, 3.63) is 24.0 Å². The molecule has 1 amide bonds. The molecule has 0 spiro atoms. The molecule has 5 heteroatoms. The average molecular weight is 291 g/mol. The molecule has 1 atom stereocenters. The van der Waals surface area contributed by atoms with Crippen molar-refractivity contribution in [2.45, 2.75) is 39.2 Å². The van der Waals surface area contributed by atoms with Gasteiger partial charge in [-0.3, -0.25) is 9.78 Å². The molecule has 1 aliphatic rings. The SMILES string of the molecule is CC[C@H](O)c1ccc(N2CCC(CNC(C)=O)CC2)cn1. The van der Waals surface area contributed by atoms with Crippen molar-refractivity contribution in [1.82, 2.24) is 10.3 Å². The van der Waals surface area contributed by atoms with E-state index >= 15 is 0 Å². The summed E-state index contributed by atoms with van der Waals surface area (Å²) in [7, 11) is 0. The Morgan fingerprint density at radius 2 is 2.19 bits per heavy atom. The van der Waals surface area contributed by atoms with Crippen LogP contribution in [-0.4, -0.2) is 35.6 Å². The molecular weight excluding hydrogens is 266 g/mol. The molecule has 0 unspecified atom stereocenters. The van der Waals surface area contributed by atoms with Gasteiger partial charge in [-0.1, -0.05) is 6.92 Å². The first-order valence-electron chi connectivity index (χ1n) is 7.73. The molecule has 0 aliphatic carbocycles. The highest BCUT2D eigenvalue weighted by Crippen LogP contribution is 2.23. The van der Waals surface area contributed by atoms with E-state index in [9.17, 15) is 9.90 Å². The van der Waals surface area contributed by atoms with Crippen molar-refractivity contribution in [2.75, 3.05) is 24.5 Å². The summed E-state index contributed by atoms with van der Waals surface area (Å²) in [6.07, 6.45) is 4.23. The zero-order valence-electron chi connectivity index (χ0n) is 12.9. The molecule has 0 radical (unpaired) electrons. The van der Waals surface area contributed by atoms with Crippen molar-refractivity contribution in [3.8, 4) is 0 Å². The van der Waals surface area contributed by atoms with E-state index in [1.807, 2.05) is 25.3 Å². The lowest BCUT2D eigenvalue weighted by Crippen LogP contribution is -2.38. The summed E-state index contributed by atoms with van der Waals surface area (Å²) in [5.41, 5.74) is 1.85. The van der Waals surface area contributed by atoms with Gasteiger partial charge in [-0.05, 0) is 37.3 Å². The number of nitrogens with one attached hydrogen (secondary N) is 1. The fraction of sp³-hybridized carbons (Fsp3) is 0.625. The molecule has 2 heterocycles. The predicted octanol–water partition coefficient (Wildman–Crippen LogP) is 1.88. The zero-order chi connectivity index (χ0) is 15.2. The van der Waals surface area contributed by atoms with Crippen LogP contribution in [0.25, 0.3) is 0 Å². The van der Waals surface area contributed by atoms with Crippen LogP contribution in [0.2, 0.25) is 0 Å². The molecule has 1 aliphatic heterocycles. The maximum absolute atomic E-state index is 10.9. The molecular formula is C16H25N3O2. The second-order valence-corrected chi connectivity index (χ2v) is 5.73. The molecule has 21 heavy (non-hydrogen) atoms. The van der Waals surface area contributed by atoms with Crippen LogP contribution in [-0.2, 0) is 4.79 Å². The summed E-state index contributed by atoms with van der Waals surface area (Å²) in [6, 6.07) is 3.95. The maximum atomic E-state index is 10.9. The second kappa shape index (κ2) is 7.41. The van der Waals surface area contributed by atoms with Gasteiger partial charge in [-0.15, -0.1) is 0 Å². The number of carbonyl (C=O) groups excluding carboxylic acids is 1. The largest absolute Gasteiger partial charge is 0.387 e. The Bertz CT molecular complexity index is 453. The van der Waals surface area contributed by atoms with E-state index in [1.54, 1.807) is 6.92 Å². The van der Waals surface area contributed by atoms with E-state index in [4.69, 9.17) is 0 Å². The van der Waals surface area contributed by atoms with Gasteiger partial charge in [0.1, 0.15) is 0 Å². The molecule has 2 rings (SSSR count). The van der Waals surface area contributed by atoms with Gasteiger partial charge >= 0.3 is 0 Å². The number of pyridine rings is 1. The van der Waals surface area contributed by atoms with Crippen LogP contribution in [0.3, 0.4) is 0 Å². The van der Waals surface area contributed by atoms with Crippen molar-refractivity contribution < 1.29 is 9.90 Å². The lowest BCUT2D eigenvalue weighted by Gasteiger charge is -2.33. The van der Waals surface area contributed by atoms with E-state index in [1.165, 1.54) is 0 Å². The molecule has 5 nitrogen and oxygen atoms in total. The Morgan fingerprint density at radius 3 is 2.71 bits per heavy atom. The highest BCUT2D eigenvalue weighted by molar-refractivity contribution is 5.72. The van der Waals surface area contributed by atoms with Gasteiger partial charge in [0, 0.05) is 26.6 Å². The molecule has 0 aromatic carbocycles. The molecule has 116 valence electrons. The van der Waals surface area contributed by atoms with Crippen LogP contribution in [0.15, 0.2) is 18.3 Å². The van der Waals surface area contributed by atoms with E-state index < -0.39 is 6.10 Å². The van der Waals surface area contributed by atoms with E-state index in [-0.39, 0.29) is 5.91 Å². The van der Waals surface area contributed by atoms with E-state index in [0.717, 1.165) is 43.9 Å². The second-order valence-electron chi connectivity index (χ2n) is 5.73. The Kier molecular flexibility index (Phi) is 5.56. The van der Waals surface area contributed by atoms with Gasteiger partial charge in [-0.25, -0.2) is 0 Å². The normalized spacial score (nSPS) is 17.6. The van der Waals surface area contributed by atoms with Crippen molar-refractivity contribution >= 4 is 11.6 Å². The fourth-order valence-corrected chi connectivity index (χ4v) is 2.67. The molecule has 1 saturated heterocycles. The number of aromatic nitrogens is 1. The third-order valence-corrected chi connectivity index (χ3v) is 4.12. The van der Waals surface area contributed by atoms with E-state index in [2.05, 4.69) is 15.2 Å². The molecule has 1 aromatic heterocycles. The molecule has 0 bridgehead atoms. The summed E-state index contributed by atoms with van der Waals surface area (Å²) in [5.74, 6) is 0.617. The predicted molar refractivity (Wildman–Crippen MR) is 83.1 cm³/mol. The number of hydrogen-bond acceptors (Lipinski definition) is 4. The van der Waals surface area contributed by atoms with Crippen LogP contribution in [0.1, 0.15) is 44.9 Å². The van der Waals surface area contributed by atoms with Crippen LogP contribution in [0.5, 0.6) is 0 Å². The monoisotopic (exact) mass is 291 g/mol.